The molecule has 0 N–H and O–H groups in total. The fourth-order valence-electron chi connectivity index (χ4n) is 4.88. The Morgan fingerprint density at radius 3 is 1.82 bits per heavy atom. The number of amides is 2. The molecule has 4 rings (SSSR count). The zero-order chi connectivity index (χ0) is 27.5. The monoisotopic (exact) mass is 528 g/mol. The summed E-state index contributed by atoms with van der Waals surface area (Å²) in [7, 11) is 3.68. The fourth-order valence-corrected chi connectivity index (χ4v) is 4.88. The summed E-state index contributed by atoms with van der Waals surface area (Å²) < 4.78 is 5.16. The first-order chi connectivity index (χ1) is 19.0. The number of piperazine rings is 1. The molecule has 7 heteroatoms. The van der Waals surface area contributed by atoms with Crippen molar-refractivity contribution < 1.29 is 14.3 Å². The predicted molar refractivity (Wildman–Crippen MR) is 154 cm³/mol. The van der Waals surface area contributed by atoms with E-state index in [-0.39, 0.29) is 11.8 Å². The Balaban J connectivity index is 1.32. The van der Waals surface area contributed by atoms with Crippen LogP contribution in [0.3, 0.4) is 0 Å². The minimum Gasteiger partial charge on any atom is -0.383 e. The molecule has 0 aliphatic carbocycles. The first-order valence-corrected chi connectivity index (χ1v) is 13.7. The maximum absolute atomic E-state index is 13.5. The minimum atomic E-state index is 0.00225. The Bertz CT molecular complexity index is 1120. The molecule has 7 nitrogen and oxygen atoms in total. The van der Waals surface area contributed by atoms with E-state index in [2.05, 4.69) is 4.90 Å². The normalized spacial score (nSPS) is 14.0. The van der Waals surface area contributed by atoms with Crippen molar-refractivity contribution in [3.05, 3.63) is 107 Å². The van der Waals surface area contributed by atoms with Crippen LogP contribution in [0.4, 0.5) is 0 Å². The number of methoxy groups -OCH3 is 1. The summed E-state index contributed by atoms with van der Waals surface area (Å²) in [4.78, 5) is 34.6. The molecule has 0 unspecified atom stereocenters. The lowest BCUT2D eigenvalue weighted by molar-refractivity contribution is -0.134. The van der Waals surface area contributed by atoms with Crippen LogP contribution in [0.25, 0.3) is 0 Å². The van der Waals surface area contributed by atoms with Crippen LogP contribution >= 0.6 is 0 Å². The van der Waals surface area contributed by atoms with Gasteiger partial charge in [-0.25, -0.2) is 0 Å². The quantitative estimate of drug-likeness (QED) is 0.359. The number of nitrogens with zero attached hydrogens (tertiary/aromatic N) is 4. The second kappa shape index (κ2) is 14.6. The van der Waals surface area contributed by atoms with Gasteiger partial charge in [-0.1, -0.05) is 72.8 Å². The van der Waals surface area contributed by atoms with Crippen LogP contribution in [0.2, 0.25) is 0 Å². The summed E-state index contributed by atoms with van der Waals surface area (Å²) in [5.74, 6) is 0.163. The smallest absolute Gasteiger partial charge is 0.254 e. The van der Waals surface area contributed by atoms with E-state index >= 15 is 0 Å². The SMILES string of the molecule is COCCN1CCN(C(=O)CN(C)Cc2ccc(C(=O)N(Cc3ccccc3)Cc3ccccc3)cc2)CC1. The van der Waals surface area contributed by atoms with E-state index in [1.165, 1.54) is 0 Å². The zero-order valence-corrected chi connectivity index (χ0v) is 23.2. The van der Waals surface area contributed by atoms with Crippen LogP contribution in [0.1, 0.15) is 27.0 Å². The van der Waals surface area contributed by atoms with Crippen LogP contribution < -0.4 is 0 Å². The topological polar surface area (TPSA) is 56.3 Å². The van der Waals surface area contributed by atoms with Gasteiger partial charge in [0.25, 0.3) is 5.91 Å². The van der Waals surface area contributed by atoms with Gasteiger partial charge in [0.2, 0.25) is 5.91 Å². The number of benzene rings is 3. The van der Waals surface area contributed by atoms with Crippen molar-refractivity contribution >= 4 is 11.8 Å². The average molecular weight is 529 g/mol. The van der Waals surface area contributed by atoms with E-state index < -0.39 is 0 Å². The summed E-state index contributed by atoms with van der Waals surface area (Å²) in [5, 5.41) is 0. The molecule has 0 bridgehead atoms. The molecule has 1 fully saturated rings. The van der Waals surface area contributed by atoms with Crippen LogP contribution in [0.15, 0.2) is 84.9 Å². The van der Waals surface area contributed by atoms with E-state index in [0.717, 1.165) is 56.0 Å². The highest BCUT2D eigenvalue weighted by Crippen LogP contribution is 2.16. The Morgan fingerprint density at radius 2 is 1.28 bits per heavy atom. The Morgan fingerprint density at radius 1 is 0.744 bits per heavy atom. The third-order valence-electron chi connectivity index (χ3n) is 7.11. The molecule has 0 spiro atoms. The van der Waals surface area contributed by atoms with Crippen LogP contribution in [0, 0.1) is 0 Å². The van der Waals surface area contributed by atoms with Gasteiger partial charge < -0.3 is 14.5 Å². The van der Waals surface area contributed by atoms with Gasteiger partial charge >= 0.3 is 0 Å². The van der Waals surface area contributed by atoms with Gasteiger partial charge in [-0.05, 0) is 35.9 Å². The summed E-state index contributed by atoms with van der Waals surface area (Å²) in [6.45, 7) is 7.04. The Kier molecular flexibility index (Phi) is 10.7. The first-order valence-electron chi connectivity index (χ1n) is 13.7. The van der Waals surface area contributed by atoms with Gasteiger partial charge in [0.15, 0.2) is 0 Å². The number of hydrogen-bond acceptors (Lipinski definition) is 5. The highest BCUT2D eigenvalue weighted by Gasteiger charge is 2.22. The van der Waals surface area contributed by atoms with Crippen molar-refractivity contribution in [2.75, 3.05) is 60.0 Å². The zero-order valence-electron chi connectivity index (χ0n) is 23.2. The molecule has 1 saturated heterocycles. The summed E-state index contributed by atoms with van der Waals surface area (Å²) in [6, 6.07) is 27.9. The first kappa shape index (κ1) is 28.5. The van der Waals surface area contributed by atoms with Gasteiger partial charge in [-0.15, -0.1) is 0 Å². The fraction of sp³-hybridized carbons (Fsp3) is 0.375. The lowest BCUT2D eigenvalue weighted by atomic mass is 10.1. The van der Waals surface area contributed by atoms with Gasteiger partial charge in [-0.2, -0.15) is 0 Å². The molecule has 1 heterocycles. The standard InChI is InChI=1S/C32H40N4O3/c1-33(26-31(37)35-19-17-34(18-20-35)21-22-39-2)23-29-13-15-30(16-14-29)32(38)36(24-27-9-5-3-6-10-27)25-28-11-7-4-8-12-28/h3-16H,17-26H2,1-2H3. The predicted octanol–water partition coefficient (Wildman–Crippen LogP) is 3.75. The van der Waals surface area contributed by atoms with Crippen molar-refractivity contribution in [2.45, 2.75) is 19.6 Å². The van der Waals surface area contributed by atoms with Gasteiger partial charge in [0, 0.05) is 65.0 Å². The van der Waals surface area contributed by atoms with Gasteiger partial charge in [0.1, 0.15) is 0 Å². The molecule has 3 aromatic carbocycles. The molecule has 0 aromatic heterocycles. The number of likely N-dealkylation sites (N-methyl/N-ethyl adjacent to an activating group) is 1. The number of carbonyl (C=O) groups is 2. The summed E-state index contributed by atoms with van der Waals surface area (Å²) >= 11 is 0. The molecule has 39 heavy (non-hydrogen) atoms. The van der Waals surface area contributed by atoms with Gasteiger partial charge in [-0.3, -0.25) is 19.4 Å². The number of rotatable bonds is 12. The third-order valence-corrected chi connectivity index (χ3v) is 7.11. The summed E-state index contributed by atoms with van der Waals surface area (Å²) in [5.41, 5.74) is 3.93. The van der Waals surface area contributed by atoms with Gasteiger partial charge in [0.05, 0.1) is 13.2 Å². The molecule has 206 valence electrons. The highest BCUT2D eigenvalue weighted by molar-refractivity contribution is 5.94. The molecule has 2 amide bonds. The van der Waals surface area contributed by atoms with Crippen molar-refractivity contribution in [1.29, 1.82) is 0 Å². The van der Waals surface area contributed by atoms with Crippen LogP contribution in [-0.2, 0) is 29.2 Å². The maximum atomic E-state index is 13.5. The lowest BCUT2D eigenvalue weighted by Gasteiger charge is -2.35. The molecule has 0 radical (unpaired) electrons. The molecule has 1 aliphatic rings. The molecule has 3 aromatic rings. The lowest BCUT2D eigenvalue weighted by Crippen LogP contribution is -2.51. The minimum absolute atomic E-state index is 0.00225. The number of ether oxygens (including phenoxy) is 1. The van der Waals surface area contributed by atoms with Crippen molar-refractivity contribution in [2.24, 2.45) is 0 Å². The third kappa shape index (κ3) is 8.75. The number of carbonyl (C=O) groups excluding carboxylic acids is 2. The number of hydrogen-bond donors (Lipinski definition) is 0. The van der Waals surface area contributed by atoms with Crippen molar-refractivity contribution in [3.8, 4) is 0 Å². The van der Waals surface area contributed by atoms with Crippen molar-refractivity contribution in [1.82, 2.24) is 19.6 Å². The Hall–Kier alpha value is -3.52. The molecule has 1 aliphatic heterocycles. The van der Waals surface area contributed by atoms with Crippen LogP contribution in [-0.4, -0.2) is 91.4 Å². The maximum Gasteiger partial charge on any atom is 0.254 e. The second-order valence-electron chi connectivity index (χ2n) is 10.2. The average Bonchev–Trinajstić information content (AvgIpc) is 2.97. The highest BCUT2D eigenvalue weighted by atomic mass is 16.5. The van der Waals surface area contributed by atoms with Crippen molar-refractivity contribution in [3.63, 3.8) is 0 Å². The molecule has 0 atom stereocenters. The van der Waals surface area contributed by atoms with E-state index in [9.17, 15) is 9.59 Å². The Labute approximate surface area is 232 Å². The van der Waals surface area contributed by atoms with E-state index in [4.69, 9.17) is 4.74 Å². The molecular weight excluding hydrogens is 488 g/mol. The molecular formula is C32H40N4O3. The summed E-state index contributed by atoms with van der Waals surface area (Å²) in [6.07, 6.45) is 0. The second-order valence-corrected chi connectivity index (χ2v) is 10.2. The largest absolute Gasteiger partial charge is 0.383 e. The van der Waals surface area contributed by atoms with E-state index in [0.29, 0.717) is 31.7 Å². The van der Waals surface area contributed by atoms with E-state index in [1.807, 2.05) is 107 Å². The molecule has 0 saturated carbocycles. The van der Waals surface area contributed by atoms with E-state index in [1.54, 1.807) is 7.11 Å². The van der Waals surface area contributed by atoms with Crippen LogP contribution in [0.5, 0.6) is 0 Å².